The van der Waals surface area contributed by atoms with Crippen LogP contribution in [0.1, 0.15) is 24.1 Å². The van der Waals surface area contributed by atoms with Gasteiger partial charge in [-0.3, -0.25) is 10.1 Å². The maximum absolute atomic E-state index is 11.9. The Kier molecular flexibility index (Phi) is 6.62. The van der Waals surface area contributed by atoms with E-state index in [0.717, 1.165) is 5.56 Å². The van der Waals surface area contributed by atoms with Crippen molar-refractivity contribution in [3.63, 3.8) is 0 Å². The van der Waals surface area contributed by atoms with Gasteiger partial charge in [-0.05, 0) is 18.1 Å². The number of nitrogens with one attached hydrogen (secondary N) is 1. The number of nitro benzene ring substituents is 1. The van der Waals surface area contributed by atoms with Gasteiger partial charge in [-0.1, -0.05) is 42.5 Å². The van der Waals surface area contributed by atoms with Gasteiger partial charge in [0.15, 0.2) is 6.10 Å². The molecule has 0 saturated heterocycles. The molecule has 7 nitrogen and oxygen atoms in total. The lowest BCUT2D eigenvalue weighted by molar-refractivity contribution is -0.384. The van der Waals surface area contributed by atoms with Crippen molar-refractivity contribution in [3.05, 3.63) is 75.8 Å². The minimum absolute atomic E-state index is 0.0591. The van der Waals surface area contributed by atoms with Crippen molar-refractivity contribution >= 4 is 11.7 Å². The van der Waals surface area contributed by atoms with Gasteiger partial charge >= 0.3 is 5.97 Å². The summed E-state index contributed by atoms with van der Waals surface area (Å²) in [5.74, 6) is -0.744. The van der Waals surface area contributed by atoms with Crippen LogP contribution in [0.5, 0.6) is 0 Å². The monoisotopic (exact) mass is 344 g/mol. The average Bonchev–Trinajstić information content (AvgIpc) is 2.63. The van der Waals surface area contributed by atoms with Gasteiger partial charge in [0.25, 0.3) is 5.69 Å². The highest BCUT2D eigenvalue weighted by Crippen LogP contribution is 2.22. The van der Waals surface area contributed by atoms with Gasteiger partial charge in [0, 0.05) is 18.7 Å². The fourth-order valence-electron chi connectivity index (χ4n) is 2.40. The predicted molar refractivity (Wildman–Crippen MR) is 91.8 cm³/mol. The number of ether oxygens (including phenoxy) is 1. The summed E-state index contributed by atoms with van der Waals surface area (Å²) < 4.78 is 4.88. The number of carbonyl (C=O) groups is 1. The summed E-state index contributed by atoms with van der Waals surface area (Å²) in [6.07, 6.45) is -1.43. The topological polar surface area (TPSA) is 102 Å². The molecule has 7 heteroatoms. The number of aliphatic hydroxyl groups is 1. The number of non-ortho nitro benzene ring substituents is 1. The van der Waals surface area contributed by atoms with E-state index in [1.165, 1.54) is 24.3 Å². The lowest BCUT2D eigenvalue weighted by atomic mass is 10.0. The van der Waals surface area contributed by atoms with Gasteiger partial charge in [0.05, 0.1) is 17.6 Å². The molecule has 0 unspecified atom stereocenters. The van der Waals surface area contributed by atoms with Gasteiger partial charge in [-0.25, -0.2) is 4.79 Å². The standard InChI is InChI=1S/C18H20N2O5/c1-2-25-18(22)17(21)16(19-12-13-6-4-3-5-7-13)14-8-10-15(11-9-14)20(23)24/h3-11,16-17,19,21H,2,12H2,1H3/t16-,17+/m0/s1. The highest BCUT2D eigenvalue weighted by atomic mass is 16.6. The molecule has 0 aliphatic rings. The molecule has 0 amide bonds. The number of esters is 1. The van der Waals surface area contributed by atoms with Crippen molar-refractivity contribution in [3.8, 4) is 0 Å². The Bertz CT molecular complexity index is 703. The Morgan fingerprint density at radius 2 is 1.84 bits per heavy atom. The van der Waals surface area contributed by atoms with E-state index in [1.807, 2.05) is 30.3 Å². The molecule has 0 fully saturated rings. The van der Waals surface area contributed by atoms with Crippen molar-refractivity contribution in [1.29, 1.82) is 0 Å². The van der Waals surface area contributed by atoms with E-state index >= 15 is 0 Å². The third-order valence-corrected chi connectivity index (χ3v) is 3.68. The summed E-state index contributed by atoms with van der Waals surface area (Å²) in [5, 5.41) is 24.3. The van der Waals surface area contributed by atoms with Crippen LogP contribution < -0.4 is 5.32 Å². The summed E-state index contributed by atoms with van der Waals surface area (Å²) in [6.45, 7) is 2.23. The number of hydrogen-bond acceptors (Lipinski definition) is 6. The Hall–Kier alpha value is -2.77. The molecule has 0 bridgehead atoms. The van der Waals surface area contributed by atoms with E-state index < -0.39 is 23.0 Å². The van der Waals surface area contributed by atoms with Crippen LogP contribution in [0.4, 0.5) is 5.69 Å². The fraction of sp³-hybridized carbons (Fsp3) is 0.278. The first-order chi connectivity index (χ1) is 12.0. The normalized spacial score (nSPS) is 13.0. The molecular weight excluding hydrogens is 324 g/mol. The lowest BCUT2D eigenvalue weighted by Crippen LogP contribution is -2.38. The Morgan fingerprint density at radius 3 is 2.40 bits per heavy atom. The van der Waals surface area contributed by atoms with Crippen LogP contribution in [0, 0.1) is 10.1 Å². The SMILES string of the molecule is CCOC(=O)[C@H](O)[C@@H](NCc1ccccc1)c1ccc([N+](=O)[O-])cc1. The second-order valence-corrected chi connectivity index (χ2v) is 5.39. The third-order valence-electron chi connectivity index (χ3n) is 3.68. The maximum Gasteiger partial charge on any atom is 0.336 e. The molecule has 0 aliphatic carbocycles. The average molecular weight is 344 g/mol. The summed E-state index contributed by atoms with van der Waals surface area (Å²) in [5.41, 5.74) is 1.48. The van der Waals surface area contributed by atoms with Crippen LogP contribution in [-0.4, -0.2) is 28.7 Å². The zero-order valence-corrected chi connectivity index (χ0v) is 13.8. The van der Waals surface area contributed by atoms with E-state index in [2.05, 4.69) is 5.32 Å². The van der Waals surface area contributed by atoms with Crippen molar-refractivity contribution in [1.82, 2.24) is 5.32 Å². The van der Waals surface area contributed by atoms with Gasteiger partial charge < -0.3 is 15.2 Å². The Morgan fingerprint density at radius 1 is 1.20 bits per heavy atom. The highest BCUT2D eigenvalue weighted by Gasteiger charge is 2.28. The van der Waals surface area contributed by atoms with E-state index in [1.54, 1.807) is 6.92 Å². The van der Waals surface area contributed by atoms with E-state index in [0.29, 0.717) is 12.1 Å². The number of benzene rings is 2. The smallest absolute Gasteiger partial charge is 0.336 e. The molecule has 0 aromatic heterocycles. The molecule has 25 heavy (non-hydrogen) atoms. The van der Waals surface area contributed by atoms with Gasteiger partial charge in [-0.15, -0.1) is 0 Å². The number of aliphatic hydroxyl groups excluding tert-OH is 1. The molecule has 2 aromatic carbocycles. The molecule has 2 rings (SSSR count). The molecule has 0 aliphatic heterocycles. The number of nitro groups is 1. The van der Waals surface area contributed by atoms with Crippen LogP contribution in [0.25, 0.3) is 0 Å². The molecule has 0 heterocycles. The maximum atomic E-state index is 11.9. The van der Waals surface area contributed by atoms with E-state index in [4.69, 9.17) is 4.74 Å². The Balaban J connectivity index is 2.21. The van der Waals surface area contributed by atoms with Crippen molar-refractivity contribution < 1.29 is 19.6 Å². The zero-order chi connectivity index (χ0) is 18.2. The summed E-state index contributed by atoms with van der Waals surface area (Å²) >= 11 is 0. The lowest BCUT2D eigenvalue weighted by Gasteiger charge is -2.23. The minimum atomic E-state index is -1.43. The van der Waals surface area contributed by atoms with Crippen LogP contribution in [0.3, 0.4) is 0 Å². The molecule has 132 valence electrons. The van der Waals surface area contributed by atoms with Crippen molar-refractivity contribution in [2.24, 2.45) is 0 Å². The number of nitrogens with zero attached hydrogens (tertiary/aromatic N) is 1. The number of carbonyl (C=O) groups excluding carboxylic acids is 1. The molecule has 2 aromatic rings. The van der Waals surface area contributed by atoms with E-state index in [-0.39, 0.29) is 12.3 Å². The first-order valence-corrected chi connectivity index (χ1v) is 7.89. The van der Waals surface area contributed by atoms with Crippen LogP contribution >= 0.6 is 0 Å². The first kappa shape index (κ1) is 18.6. The first-order valence-electron chi connectivity index (χ1n) is 7.89. The van der Waals surface area contributed by atoms with Gasteiger partial charge in [0.1, 0.15) is 0 Å². The molecule has 0 spiro atoms. The molecule has 2 atom stereocenters. The second kappa shape index (κ2) is 8.91. The van der Waals surface area contributed by atoms with Crippen molar-refractivity contribution in [2.75, 3.05) is 6.61 Å². The second-order valence-electron chi connectivity index (χ2n) is 5.39. The van der Waals surface area contributed by atoms with Crippen LogP contribution in [-0.2, 0) is 16.1 Å². The largest absolute Gasteiger partial charge is 0.464 e. The van der Waals surface area contributed by atoms with Gasteiger partial charge in [0.2, 0.25) is 0 Å². The van der Waals surface area contributed by atoms with Crippen molar-refractivity contribution in [2.45, 2.75) is 25.6 Å². The number of rotatable bonds is 8. The molecule has 2 N–H and O–H groups in total. The zero-order valence-electron chi connectivity index (χ0n) is 13.8. The third kappa shape index (κ3) is 5.10. The fourth-order valence-corrected chi connectivity index (χ4v) is 2.40. The van der Waals surface area contributed by atoms with Crippen LogP contribution in [0.2, 0.25) is 0 Å². The summed E-state index contributed by atoms with van der Waals surface area (Å²) in [4.78, 5) is 22.2. The minimum Gasteiger partial charge on any atom is -0.464 e. The highest BCUT2D eigenvalue weighted by molar-refractivity contribution is 5.75. The number of hydrogen-bond donors (Lipinski definition) is 2. The Labute approximate surface area is 145 Å². The predicted octanol–water partition coefficient (Wildman–Crippen LogP) is 2.35. The quantitative estimate of drug-likeness (QED) is 0.433. The molecule has 0 saturated carbocycles. The molecule has 0 radical (unpaired) electrons. The van der Waals surface area contributed by atoms with Crippen LogP contribution in [0.15, 0.2) is 54.6 Å². The molecular formula is C18H20N2O5. The van der Waals surface area contributed by atoms with E-state index in [9.17, 15) is 20.0 Å². The summed E-state index contributed by atoms with van der Waals surface area (Å²) in [6, 6.07) is 14.5. The van der Waals surface area contributed by atoms with Gasteiger partial charge in [-0.2, -0.15) is 0 Å². The summed E-state index contributed by atoms with van der Waals surface area (Å²) in [7, 11) is 0.